The third kappa shape index (κ3) is 6.21. The summed E-state index contributed by atoms with van der Waals surface area (Å²) in [5, 5.41) is 5.53. The molecule has 0 saturated carbocycles. The molecule has 0 aliphatic carbocycles. The van der Waals surface area contributed by atoms with E-state index in [2.05, 4.69) is 15.4 Å². The highest BCUT2D eigenvalue weighted by Crippen LogP contribution is 2.24. The summed E-state index contributed by atoms with van der Waals surface area (Å²) < 4.78 is 32.5. The van der Waals surface area contributed by atoms with E-state index in [9.17, 15) is 18.0 Å². The fourth-order valence-corrected chi connectivity index (χ4v) is 4.38. The number of hydrogen-bond acceptors (Lipinski definition) is 5. The standard InChI is InChI=1S/C25H27N3O5S/c1-4-17(2)28-34(31,32)21-15-11-19(12-16-21)24(29)26-20-13-9-18(10-14-20)25(30)27-22-7-5-6-8-23(22)33-3/h5-17,28H,4H2,1-3H3,(H,26,29)(H,27,30). The lowest BCUT2D eigenvalue weighted by Gasteiger charge is -2.12. The van der Waals surface area contributed by atoms with Crippen LogP contribution in [-0.2, 0) is 10.0 Å². The number of sulfonamides is 1. The van der Waals surface area contributed by atoms with E-state index < -0.39 is 15.9 Å². The molecule has 3 rings (SSSR count). The summed E-state index contributed by atoms with van der Waals surface area (Å²) in [5.74, 6) is -0.163. The van der Waals surface area contributed by atoms with Crippen molar-refractivity contribution in [2.75, 3.05) is 17.7 Å². The van der Waals surface area contributed by atoms with Crippen molar-refractivity contribution in [2.24, 2.45) is 0 Å². The number of carbonyl (C=O) groups excluding carboxylic acids is 2. The van der Waals surface area contributed by atoms with E-state index >= 15 is 0 Å². The van der Waals surface area contributed by atoms with E-state index in [-0.39, 0.29) is 16.8 Å². The van der Waals surface area contributed by atoms with Crippen LogP contribution in [0.25, 0.3) is 0 Å². The maximum atomic E-state index is 12.6. The van der Waals surface area contributed by atoms with Crippen LogP contribution < -0.4 is 20.1 Å². The Bertz CT molecular complexity index is 1260. The van der Waals surface area contributed by atoms with Gasteiger partial charge in [0, 0.05) is 22.9 Å². The van der Waals surface area contributed by atoms with Crippen LogP contribution in [-0.4, -0.2) is 33.4 Å². The van der Waals surface area contributed by atoms with Crippen molar-refractivity contribution in [2.45, 2.75) is 31.2 Å². The van der Waals surface area contributed by atoms with Gasteiger partial charge < -0.3 is 15.4 Å². The molecule has 0 aromatic heterocycles. The Labute approximate surface area is 199 Å². The molecule has 3 aromatic carbocycles. The van der Waals surface area contributed by atoms with Gasteiger partial charge in [0.15, 0.2) is 0 Å². The summed E-state index contributed by atoms with van der Waals surface area (Å²) in [6.07, 6.45) is 0.667. The van der Waals surface area contributed by atoms with Gasteiger partial charge in [-0.15, -0.1) is 0 Å². The first-order chi connectivity index (χ1) is 16.2. The van der Waals surface area contributed by atoms with E-state index in [4.69, 9.17) is 4.74 Å². The Hall–Kier alpha value is -3.69. The zero-order valence-corrected chi connectivity index (χ0v) is 20.0. The zero-order valence-electron chi connectivity index (χ0n) is 19.2. The topological polar surface area (TPSA) is 114 Å². The van der Waals surface area contributed by atoms with E-state index in [1.807, 2.05) is 13.0 Å². The van der Waals surface area contributed by atoms with Gasteiger partial charge in [0.05, 0.1) is 17.7 Å². The highest BCUT2D eigenvalue weighted by Gasteiger charge is 2.17. The molecule has 34 heavy (non-hydrogen) atoms. The molecule has 0 bridgehead atoms. The van der Waals surface area contributed by atoms with Crippen LogP contribution >= 0.6 is 0 Å². The number of hydrogen-bond donors (Lipinski definition) is 3. The second kappa shape index (κ2) is 11.0. The van der Waals surface area contributed by atoms with Gasteiger partial charge in [-0.3, -0.25) is 9.59 Å². The molecule has 3 aromatic rings. The van der Waals surface area contributed by atoms with Crippen LogP contribution in [0, 0.1) is 0 Å². The molecule has 0 heterocycles. The van der Waals surface area contributed by atoms with Gasteiger partial charge in [-0.05, 0) is 74.0 Å². The number of para-hydroxylation sites is 2. The first-order valence-electron chi connectivity index (χ1n) is 10.7. The summed E-state index contributed by atoms with van der Waals surface area (Å²) in [7, 11) is -2.11. The number of carbonyl (C=O) groups is 2. The van der Waals surface area contributed by atoms with Gasteiger partial charge in [0.25, 0.3) is 11.8 Å². The molecule has 0 aliphatic heterocycles. The van der Waals surface area contributed by atoms with Crippen molar-refractivity contribution < 1.29 is 22.7 Å². The van der Waals surface area contributed by atoms with Gasteiger partial charge in [-0.1, -0.05) is 19.1 Å². The predicted molar refractivity (Wildman–Crippen MR) is 132 cm³/mol. The number of rotatable bonds is 9. The summed E-state index contributed by atoms with van der Waals surface area (Å²) in [5.41, 5.74) is 1.76. The number of nitrogens with one attached hydrogen (secondary N) is 3. The summed E-state index contributed by atoms with van der Waals surface area (Å²) in [6, 6.07) is 19.0. The zero-order chi connectivity index (χ0) is 24.7. The highest BCUT2D eigenvalue weighted by atomic mass is 32.2. The molecule has 3 N–H and O–H groups in total. The molecule has 1 atom stereocenters. The van der Waals surface area contributed by atoms with Crippen molar-refractivity contribution in [3.8, 4) is 5.75 Å². The van der Waals surface area contributed by atoms with Gasteiger partial charge in [-0.25, -0.2) is 13.1 Å². The van der Waals surface area contributed by atoms with Gasteiger partial charge >= 0.3 is 0 Å². The lowest BCUT2D eigenvalue weighted by molar-refractivity contribution is 0.101. The van der Waals surface area contributed by atoms with Crippen molar-refractivity contribution in [3.63, 3.8) is 0 Å². The average Bonchev–Trinajstić information content (AvgIpc) is 2.84. The summed E-state index contributed by atoms with van der Waals surface area (Å²) in [6.45, 7) is 3.67. The third-order valence-corrected chi connectivity index (χ3v) is 6.76. The van der Waals surface area contributed by atoms with E-state index in [0.29, 0.717) is 34.7 Å². The maximum absolute atomic E-state index is 12.6. The molecular formula is C25H27N3O5S. The van der Waals surface area contributed by atoms with Crippen molar-refractivity contribution in [3.05, 3.63) is 83.9 Å². The summed E-state index contributed by atoms with van der Waals surface area (Å²) >= 11 is 0. The Balaban J connectivity index is 1.64. The molecule has 0 spiro atoms. The minimum absolute atomic E-state index is 0.0924. The van der Waals surface area contributed by atoms with Crippen LogP contribution in [0.4, 0.5) is 11.4 Å². The fourth-order valence-electron chi connectivity index (χ4n) is 3.05. The Morgan fingerprint density at radius 3 is 2.00 bits per heavy atom. The lowest BCUT2D eigenvalue weighted by atomic mass is 10.1. The smallest absolute Gasteiger partial charge is 0.255 e. The molecule has 2 amide bonds. The number of benzene rings is 3. The number of anilines is 2. The number of methoxy groups -OCH3 is 1. The minimum atomic E-state index is -3.64. The monoisotopic (exact) mass is 481 g/mol. The van der Waals surface area contributed by atoms with Crippen LogP contribution in [0.15, 0.2) is 77.7 Å². The first kappa shape index (κ1) is 24.9. The van der Waals surface area contributed by atoms with Crippen LogP contribution in [0.1, 0.15) is 41.0 Å². The molecule has 8 nitrogen and oxygen atoms in total. The predicted octanol–water partition coefficient (Wildman–Crippen LogP) is 4.28. The molecule has 178 valence electrons. The minimum Gasteiger partial charge on any atom is -0.495 e. The SMILES string of the molecule is CCC(C)NS(=O)(=O)c1ccc(C(=O)Nc2ccc(C(=O)Nc3ccccc3OC)cc2)cc1. The Morgan fingerprint density at radius 2 is 1.41 bits per heavy atom. The van der Waals surface area contributed by atoms with Crippen molar-refractivity contribution in [1.29, 1.82) is 0 Å². The highest BCUT2D eigenvalue weighted by molar-refractivity contribution is 7.89. The maximum Gasteiger partial charge on any atom is 0.255 e. The molecule has 0 fully saturated rings. The second-order valence-electron chi connectivity index (χ2n) is 7.64. The average molecular weight is 482 g/mol. The molecule has 0 aliphatic rings. The second-order valence-corrected chi connectivity index (χ2v) is 9.35. The largest absolute Gasteiger partial charge is 0.495 e. The molecule has 1 unspecified atom stereocenters. The Morgan fingerprint density at radius 1 is 0.853 bits per heavy atom. The molecule has 0 radical (unpaired) electrons. The quantitative estimate of drug-likeness (QED) is 0.422. The van der Waals surface area contributed by atoms with E-state index in [1.165, 1.54) is 31.4 Å². The summed E-state index contributed by atoms with van der Waals surface area (Å²) in [4.78, 5) is 25.2. The van der Waals surface area contributed by atoms with Gasteiger partial charge in [-0.2, -0.15) is 0 Å². The van der Waals surface area contributed by atoms with Crippen LogP contribution in [0.3, 0.4) is 0 Å². The van der Waals surface area contributed by atoms with Gasteiger partial charge in [0.1, 0.15) is 5.75 Å². The van der Waals surface area contributed by atoms with Crippen LogP contribution in [0.2, 0.25) is 0 Å². The number of amides is 2. The number of ether oxygens (including phenoxy) is 1. The third-order valence-electron chi connectivity index (χ3n) is 5.16. The van der Waals surface area contributed by atoms with Crippen LogP contribution in [0.5, 0.6) is 5.75 Å². The molecule has 0 saturated heterocycles. The normalized spacial score (nSPS) is 12.0. The van der Waals surface area contributed by atoms with Gasteiger partial charge in [0.2, 0.25) is 10.0 Å². The van der Waals surface area contributed by atoms with E-state index in [1.54, 1.807) is 49.4 Å². The first-order valence-corrected chi connectivity index (χ1v) is 12.2. The molecular weight excluding hydrogens is 454 g/mol. The Kier molecular flexibility index (Phi) is 8.04. The molecule has 9 heteroatoms. The van der Waals surface area contributed by atoms with Crippen molar-refractivity contribution in [1.82, 2.24) is 4.72 Å². The lowest BCUT2D eigenvalue weighted by Crippen LogP contribution is -2.32. The fraction of sp³-hybridized carbons (Fsp3) is 0.200. The van der Waals surface area contributed by atoms with Crippen molar-refractivity contribution >= 4 is 33.2 Å². The van der Waals surface area contributed by atoms with E-state index in [0.717, 1.165) is 0 Å².